The van der Waals surface area contributed by atoms with E-state index in [-0.39, 0.29) is 11.9 Å². The summed E-state index contributed by atoms with van der Waals surface area (Å²) in [6.45, 7) is 3.51. The fourth-order valence-electron chi connectivity index (χ4n) is 2.60. The average molecular weight is 305 g/mol. The van der Waals surface area contributed by atoms with Gasteiger partial charge in [-0.3, -0.25) is 4.79 Å². The molecule has 1 amide bonds. The van der Waals surface area contributed by atoms with Gasteiger partial charge in [-0.05, 0) is 41.8 Å². The normalized spacial score (nSPS) is 11.9. The number of nitrogens with zero attached hydrogens (tertiary/aromatic N) is 2. The number of hydrogen-bond acceptors (Lipinski definition) is 2. The van der Waals surface area contributed by atoms with Gasteiger partial charge in [-0.2, -0.15) is 5.10 Å². The molecule has 0 aliphatic rings. The summed E-state index contributed by atoms with van der Waals surface area (Å²) in [5.74, 6) is -0.0199. The van der Waals surface area contributed by atoms with Crippen LogP contribution in [-0.4, -0.2) is 15.7 Å². The van der Waals surface area contributed by atoms with Crippen LogP contribution in [0.1, 0.15) is 25.5 Å². The van der Waals surface area contributed by atoms with Gasteiger partial charge in [0, 0.05) is 19.3 Å². The highest BCUT2D eigenvalue weighted by molar-refractivity contribution is 5.73. The highest BCUT2D eigenvalue weighted by atomic mass is 16.1. The molecule has 0 bridgehead atoms. The predicted octanol–water partition coefficient (Wildman–Crippen LogP) is 3.74. The Morgan fingerprint density at radius 2 is 1.87 bits per heavy atom. The number of carbonyl (C=O) groups is 1. The lowest BCUT2D eigenvalue weighted by Gasteiger charge is -2.13. The molecule has 0 unspecified atom stereocenters. The van der Waals surface area contributed by atoms with Crippen molar-refractivity contribution in [1.29, 1.82) is 0 Å². The van der Waals surface area contributed by atoms with Crippen LogP contribution in [0.25, 0.3) is 16.8 Å². The Balaban J connectivity index is 1.85. The van der Waals surface area contributed by atoms with Crippen molar-refractivity contribution >= 4 is 5.91 Å². The second-order valence-corrected chi connectivity index (χ2v) is 5.55. The highest BCUT2D eigenvalue weighted by Gasteiger charge is 2.07. The van der Waals surface area contributed by atoms with Gasteiger partial charge in [0.1, 0.15) is 0 Å². The molecular formula is C19H19N3O. The number of nitrogens with one attached hydrogen (secondary N) is 1. The molecule has 0 aliphatic heterocycles. The lowest BCUT2D eigenvalue weighted by Crippen LogP contribution is -2.23. The lowest BCUT2D eigenvalue weighted by atomic mass is 10.0. The smallest absolute Gasteiger partial charge is 0.217 e. The third kappa shape index (κ3) is 3.48. The van der Waals surface area contributed by atoms with Crippen LogP contribution >= 0.6 is 0 Å². The van der Waals surface area contributed by atoms with Gasteiger partial charge in [0.2, 0.25) is 5.91 Å². The number of aromatic nitrogens is 2. The van der Waals surface area contributed by atoms with Gasteiger partial charge in [-0.15, -0.1) is 0 Å². The third-order valence-corrected chi connectivity index (χ3v) is 3.78. The summed E-state index contributed by atoms with van der Waals surface area (Å²) < 4.78 is 1.84. The van der Waals surface area contributed by atoms with Crippen LogP contribution in [0.15, 0.2) is 67.0 Å². The Kier molecular flexibility index (Phi) is 4.24. The molecule has 0 aliphatic carbocycles. The van der Waals surface area contributed by atoms with E-state index in [0.29, 0.717) is 0 Å². The van der Waals surface area contributed by atoms with E-state index in [1.54, 1.807) is 6.20 Å². The number of rotatable bonds is 4. The van der Waals surface area contributed by atoms with Gasteiger partial charge in [0.15, 0.2) is 0 Å². The Bertz CT molecular complexity index is 792. The molecule has 0 fully saturated rings. The minimum atomic E-state index is -0.0199. The largest absolute Gasteiger partial charge is 0.350 e. The molecule has 3 rings (SSSR count). The average Bonchev–Trinajstić information content (AvgIpc) is 3.09. The maximum atomic E-state index is 11.1. The summed E-state index contributed by atoms with van der Waals surface area (Å²) in [6, 6.07) is 18.4. The monoisotopic (exact) mass is 305 g/mol. The zero-order chi connectivity index (χ0) is 16.2. The first-order chi connectivity index (χ1) is 11.1. The molecule has 1 heterocycles. The molecule has 1 N–H and O–H groups in total. The molecule has 3 aromatic rings. The second kappa shape index (κ2) is 6.48. The Hall–Kier alpha value is -2.88. The zero-order valence-corrected chi connectivity index (χ0v) is 13.2. The molecule has 2 aromatic carbocycles. The Labute approximate surface area is 135 Å². The van der Waals surface area contributed by atoms with Crippen LogP contribution in [-0.2, 0) is 4.79 Å². The molecule has 0 saturated heterocycles. The standard InChI is InChI=1S/C19H19N3O/c1-14(21-15(2)23)16-7-9-17(10-8-16)18-5-3-6-19(13-18)22-12-4-11-20-22/h3-14H,1-2H3,(H,21,23)/t14-/m0/s1. The first-order valence-electron chi connectivity index (χ1n) is 7.61. The summed E-state index contributed by atoms with van der Waals surface area (Å²) >= 11 is 0. The minimum Gasteiger partial charge on any atom is -0.350 e. The van der Waals surface area contributed by atoms with E-state index in [1.165, 1.54) is 6.92 Å². The van der Waals surface area contributed by atoms with Crippen LogP contribution in [0.4, 0.5) is 0 Å². The number of benzene rings is 2. The van der Waals surface area contributed by atoms with Crippen molar-refractivity contribution in [2.24, 2.45) is 0 Å². The van der Waals surface area contributed by atoms with E-state index >= 15 is 0 Å². The number of hydrogen-bond donors (Lipinski definition) is 1. The second-order valence-electron chi connectivity index (χ2n) is 5.55. The van der Waals surface area contributed by atoms with Gasteiger partial charge in [-0.25, -0.2) is 4.68 Å². The lowest BCUT2D eigenvalue weighted by molar-refractivity contribution is -0.119. The Morgan fingerprint density at radius 3 is 2.52 bits per heavy atom. The van der Waals surface area contributed by atoms with Crippen molar-refractivity contribution < 1.29 is 4.79 Å². The Morgan fingerprint density at radius 1 is 1.09 bits per heavy atom. The summed E-state index contributed by atoms with van der Waals surface area (Å²) in [5, 5.41) is 7.16. The fraction of sp³-hybridized carbons (Fsp3) is 0.158. The summed E-state index contributed by atoms with van der Waals surface area (Å²) in [5.41, 5.74) is 4.39. The molecule has 0 saturated carbocycles. The van der Waals surface area contributed by atoms with Crippen LogP contribution in [0.5, 0.6) is 0 Å². The first kappa shape index (κ1) is 15.0. The highest BCUT2D eigenvalue weighted by Crippen LogP contribution is 2.24. The van der Waals surface area contributed by atoms with Crippen molar-refractivity contribution in [3.8, 4) is 16.8 Å². The van der Waals surface area contributed by atoms with Crippen molar-refractivity contribution in [1.82, 2.24) is 15.1 Å². The first-order valence-corrected chi connectivity index (χ1v) is 7.61. The molecule has 4 heteroatoms. The van der Waals surface area contributed by atoms with E-state index in [1.807, 2.05) is 36.0 Å². The quantitative estimate of drug-likeness (QED) is 0.798. The van der Waals surface area contributed by atoms with Crippen molar-refractivity contribution in [3.05, 3.63) is 72.6 Å². The maximum absolute atomic E-state index is 11.1. The van der Waals surface area contributed by atoms with E-state index in [9.17, 15) is 4.79 Å². The third-order valence-electron chi connectivity index (χ3n) is 3.78. The minimum absolute atomic E-state index is 0.0111. The van der Waals surface area contributed by atoms with Gasteiger partial charge in [0.25, 0.3) is 0 Å². The molecule has 0 spiro atoms. The van der Waals surface area contributed by atoms with E-state index in [2.05, 4.69) is 46.8 Å². The number of carbonyl (C=O) groups excluding carboxylic acids is 1. The SMILES string of the molecule is CC(=O)N[C@@H](C)c1ccc(-c2cccc(-n3cccn3)c2)cc1. The van der Waals surface area contributed by atoms with Crippen LogP contribution in [0.2, 0.25) is 0 Å². The van der Waals surface area contributed by atoms with E-state index < -0.39 is 0 Å². The van der Waals surface area contributed by atoms with Gasteiger partial charge >= 0.3 is 0 Å². The molecule has 0 radical (unpaired) electrons. The molecule has 4 nitrogen and oxygen atoms in total. The predicted molar refractivity (Wildman–Crippen MR) is 91.2 cm³/mol. The van der Waals surface area contributed by atoms with Crippen LogP contribution in [0, 0.1) is 0 Å². The van der Waals surface area contributed by atoms with Crippen molar-refractivity contribution in [3.63, 3.8) is 0 Å². The van der Waals surface area contributed by atoms with Crippen molar-refractivity contribution in [2.45, 2.75) is 19.9 Å². The fourth-order valence-corrected chi connectivity index (χ4v) is 2.60. The zero-order valence-electron chi connectivity index (χ0n) is 13.2. The number of amides is 1. The van der Waals surface area contributed by atoms with Gasteiger partial charge < -0.3 is 5.32 Å². The summed E-state index contributed by atoms with van der Waals surface area (Å²) in [4.78, 5) is 11.1. The summed E-state index contributed by atoms with van der Waals surface area (Å²) in [7, 11) is 0. The van der Waals surface area contributed by atoms with E-state index in [0.717, 1.165) is 22.4 Å². The van der Waals surface area contributed by atoms with E-state index in [4.69, 9.17) is 0 Å². The van der Waals surface area contributed by atoms with Crippen LogP contribution in [0.3, 0.4) is 0 Å². The summed E-state index contributed by atoms with van der Waals surface area (Å²) in [6.07, 6.45) is 3.70. The maximum Gasteiger partial charge on any atom is 0.217 e. The molecule has 1 atom stereocenters. The molecule has 116 valence electrons. The molecule has 23 heavy (non-hydrogen) atoms. The topological polar surface area (TPSA) is 46.9 Å². The van der Waals surface area contributed by atoms with Crippen LogP contribution < -0.4 is 5.32 Å². The molecule has 1 aromatic heterocycles. The van der Waals surface area contributed by atoms with Gasteiger partial charge in [0.05, 0.1) is 11.7 Å². The van der Waals surface area contributed by atoms with Gasteiger partial charge in [-0.1, -0.05) is 36.4 Å². The van der Waals surface area contributed by atoms with Crippen molar-refractivity contribution in [2.75, 3.05) is 0 Å². The molecular weight excluding hydrogens is 286 g/mol.